The van der Waals surface area contributed by atoms with E-state index in [-0.39, 0.29) is 11.8 Å². The van der Waals surface area contributed by atoms with Gasteiger partial charge in [-0.05, 0) is 20.0 Å². The molecule has 0 aliphatic rings. The number of alkyl halides is 2. The minimum Gasteiger partial charge on any atom is -0.434 e. The number of aryl methyl sites for hydroxylation is 1. The molecule has 0 aliphatic carbocycles. The molecule has 2 aromatic rings. The Labute approximate surface area is 116 Å². The molecule has 0 radical (unpaired) electrons. The molecule has 1 heterocycles. The summed E-state index contributed by atoms with van der Waals surface area (Å²) in [6.07, 6.45) is 3.55. The van der Waals surface area contributed by atoms with Crippen LogP contribution in [-0.2, 0) is 6.54 Å². The van der Waals surface area contributed by atoms with E-state index < -0.39 is 6.61 Å². The Morgan fingerprint density at radius 1 is 1.35 bits per heavy atom. The number of nitrogens with one attached hydrogen (secondary N) is 1. The van der Waals surface area contributed by atoms with E-state index in [0.717, 1.165) is 12.4 Å². The summed E-state index contributed by atoms with van der Waals surface area (Å²) in [4.78, 5) is 4.31. The third-order valence-corrected chi connectivity index (χ3v) is 3.08. The highest BCUT2D eigenvalue weighted by Gasteiger charge is 2.21. The highest BCUT2D eigenvalue weighted by atomic mass is 19.3. The van der Waals surface area contributed by atoms with Gasteiger partial charge in [-0.15, -0.1) is 0 Å². The number of benzene rings is 1. The van der Waals surface area contributed by atoms with Crippen LogP contribution in [-0.4, -0.2) is 23.2 Å². The zero-order chi connectivity index (χ0) is 14.5. The van der Waals surface area contributed by atoms with Crippen molar-refractivity contribution in [3.8, 4) is 5.75 Å². The van der Waals surface area contributed by atoms with E-state index in [1.165, 1.54) is 6.07 Å². The second-order valence-electron chi connectivity index (χ2n) is 4.21. The largest absolute Gasteiger partial charge is 0.434 e. The molecule has 0 saturated carbocycles. The Kier molecular flexibility index (Phi) is 4.68. The van der Waals surface area contributed by atoms with Crippen LogP contribution in [0.2, 0.25) is 0 Å². The summed E-state index contributed by atoms with van der Waals surface area (Å²) in [6.45, 7) is -0.0928. The van der Waals surface area contributed by atoms with Crippen LogP contribution in [0.5, 0.6) is 5.75 Å². The fraction of sp³-hybridized carbons (Fsp3) is 0.357. The van der Waals surface area contributed by atoms with Crippen LogP contribution in [0.1, 0.15) is 24.4 Å². The van der Waals surface area contributed by atoms with Crippen molar-refractivity contribution in [2.24, 2.45) is 0 Å². The van der Waals surface area contributed by atoms with Gasteiger partial charge in [0.25, 0.3) is 0 Å². The molecule has 6 heteroatoms. The molecule has 2 rings (SSSR count). The first-order chi connectivity index (χ1) is 9.67. The van der Waals surface area contributed by atoms with Gasteiger partial charge in [0.1, 0.15) is 11.6 Å². The van der Waals surface area contributed by atoms with Gasteiger partial charge < -0.3 is 14.6 Å². The normalized spacial score (nSPS) is 12.7. The second kappa shape index (κ2) is 6.47. The minimum atomic E-state index is -2.85. The monoisotopic (exact) mass is 281 g/mol. The van der Waals surface area contributed by atoms with Crippen LogP contribution >= 0.6 is 0 Å². The fourth-order valence-corrected chi connectivity index (χ4v) is 2.19. The first kappa shape index (κ1) is 14.5. The Morgan fingerprint density at radius 2 is 2.10 bits per heavy atom. The molecule has 1 unspecified atom stereocenters. The first-order valence-corrected chi connectivity index (χ1v) is 6.39. The van der Waals surface area contributed by atoms with Crippen molar-refractivity contribution >= 4 is 0 Å². The highest BCUT2D eigenvalue weighted by molar-refractivity contribution is 5.39. The van der Waals surface area contributed by atoms with Crippen molar-refractivity contribution in [1.82, 2.24) is 14.9 Å². The van der Waals surface area contributed by atoms with Gasteiger partial charge in [-0.1, -0.05) is 18.2 Å². The Hall–Kier alpha value is -1.95. The molecule has 1 aromatic carbocycles. The summed E-state index contributed by atoms with van der Waals surface area (Å²) in [6, 6.07) is 6.44. The number of aromatic nitrogens is 2. The first-order valence-electron chi connectivity index (χ1n) is 6.39. The smallest absolute Gasteiger partial charge is 0.387 e. The van der Waals surface area contributed by atoms with Crippen molar-refractivity contribution in [1.29, 1.82) is 0 Å². The number of imidazole rings is 1. The number of hydrogen-bond acceptors (Lipinski definition) is 3. The van der Waals surface area contributed by atoms with Gasteiger partial charge in [0, 0.05) is 24.5 Å². The Balaban J connectivity index is 2.42. The van der Waals surface area contributed by atoms with Gasteiger partial charge >= 0.3 is 6.61 Å². The van der Waals surface area contributed by atoms with Crippen LogP contribution in [0, 0.1) is 0 Å². The number of halogens is 2. The molecule has 0 bridgehead atoms. The lowest BCUT2D eigenvalue weighted by Gasteiger charge is -2.20. The summed E-state index contributed by atoms with van der Waals surface area (Å²) >= 11 is 0. The van der Waals surface area contributed by atoms with Crippen molar-refractivity contribution in [2.75, 3.05) is 7.05 Å². The molecule has 0 fully saturated rings. The van der Waals surface area contributed by atoms with Gasteiger partial charge in [-0.3, -0.25) is 0 Å². The summed E-state index contributed by atoms with van der Waals surface area (Å²) in [7, 11) is 1.76. The molecule has 0 spiro atoms. The molecular weight excluding hydrogens is 264 g/mol. The van der Waals surface area contributed by atoms with Crippen molar-refractivity contribution < 1.29 is 13.5 Å². The molecule has 1 atom stereocenters. The SMILES string of the molecule is CCn1ccnc1C(NC)c1ccccc1OC(F)F. The molecule has 1 aromatic heterocycles. The van der Waals surface area contributed by atoms with E-state index in [0.29, 0.717) is 5.56 Å². The zero-order valence-electron chi connectivity index (χ0n) is 11.4. The second-order valence-corrected chi connectivity index (χ2v) is 4.21. The maximum atomic E-state index is 12.5. The molecule has 0 amide bonds. The summed E-state index contributed by atoms with van der Waals surface area (Å²) in [5, 5.41) is 3.10. The van der Waals surface area contributed by atoms with Crippen molar-refractivity contribution in [3.63, 3.8) is 0 Å². The standard InChI is InChI=1S/C14H17F2N3O/c1-3-19-9-8-18-13(19)12(17-2)10-6-4-5-7-11(10)20-14(15)16/h4-9,12,14,17H,3H2,1-2H3. The van der Waals surface area contributed by atoms with E-state index in [1.807, 2.05) is 17.7 Å². The maximum absolute atomic E-state index is 12.5. The highest BCUT2D eigenvalue weighted by Crippen LogP contribution is 2.30. The van der Waals surface area contributed by atoms with Gasteiger partial charge in [0.2, 0.25) is 0 Å². The van der Waals surface area contributed by atoms with Crippen LogP contribution in [0.4, 0.5) is 8.78 Å². The number of para-hydroxylation sites is 1. The zero-order valence-corrected chi connectivity index (χ0v) is 11.4. The third kappa shape index (κ3) is 2.96. The van der Waals surface area contributed by atoms with Crippen LogP contribution in [0.3, 0.4) is 0 Å². The molecule has 20 heavy (non-hydrogen) atoms. The maximum Gasteiger partial charge on any atom is 0.387 e. The van der Waals surface area contributed by atoms with E-state index in [2.05, 4.69) is 15.0 Å². The predicted octanol–water partition coefficient (Wildman–Crippen LogP) is 2.81. The molecular formula is C14H17F2N3O. The topological polar surface area (TPSA) is 39.1 Å². The third-order valence-electron chi connectivity index (χ3n) is 3.08. The lowest BCUT2D eigenvalue weighted by atomic mass is 10.1. The lowest BCUT2D eigenvalue weighted by Crippen LogP contribution is -2.23. The number of hydrogen-bond donors (Lipinski definition) is 1. The average molecular weight is 281 g/mol. The van der Waals surface area contributed by atoms with Crippen LogP contribution < -0.4 is 10.1 Å². The summed E-state index contributed by atoms with van der Waals surface area (Å²) in [5.41, 5.74) is 0.635. The number of ether oxygens (including phenoxy) is 1. The quantitative estimate of drug-likeness (QED) is 0.885. The minimum absolute atomic E-state index is 0.160. The van der Waals surface area contributed by atoms with Gasteiger partial charge in [-0.2, -0.15) is 8.78 Å². The molecule has 4 nitrogen and oxygen atoms in total. The lowest BCUT2D eigenvalue weighted by molar-refractivity contribution is -0.0506. The Morgan fingerprint density at radius 3 is 2.75 bits per heavy atom. The number of nitrogens with zero attached hydrogens (tertiary/aromatic N) is 2. The van der Waals surface area contributed by atoms with Gasteiger partial charge in [0.05, 0.1) is 6.04 Å². The molecule has 108 valence electrons. The van der Waals surface area contributed by atoms with Gasteiger partial charge in [0.15, 0.2) is 0 Å². The van der Waals surface area contributed by atoms with Crippen LogP contribution in [0.15, 0.2) is 36.7 Å². The Bertz CT molecular complexity index is 557. The van der Waals surface area contributed by atoms with Crippen molar-refractivity contribution in [3.05, 3.63) is 48.0 Å². The molecule has 1 N–H and O–H groups in total. The molecule has 0 saturated heterocycles. The van der Waals surface area contributed by atoms with Crippen LogP contribution in [0.25, 0.3) is 0 Å². The van der Waals surface area contributed by atoms with Crippen molar-refractivity contribution in [2.45, 2.75) is 26.1 Å². The van der Waals surface area contributed by atoms with Gasteiger partial charge in [-0.25, -0.2) is 4.98 Å². The van der Waals surface area contributed by atoms with E-state index in [1.54, 1.807) is 31.4 Å². The van der Waals surface area contributed by atoms with E-state index in [9.17, 15) is 8.78 Å². The van der Waals surface area contributed by atoms with E-state index in [4.69, 9.17) is 0 Å². The summed E-state index contributed by atoms with van der Waals surface area (Å²) in [5.74, 6) is 0.924. The summed E-state index contributed by atoms with van der Waals surface area (Å²) < 4.78 is 31.5. The molecule has 0 aliphatic heterocycles. The van der Waals surface area contributed by atoms with E-state index >= 15 is 0 Å². The number of rotatable bonds is 6. The average Bonchev–Trinajstić information content (AvgIpc) is 2.89. The fourth-order valence-electron chi connectivity index (χ4n) is 2.19. The predicted molar refractivity (Wildman–Crippen MR) is 71.9 cm³/mol.